The molecular formula is C12H12BrN3O. The van der Waals surface area contributed by atoms with Gasteiger partial charge in [0.05, 0.1) is 6.20 Å². The highest BCUT2D eigenvalue weighted by atomic mass is 79.9. The van der Waals surface area contributed by atoms with Gasteiger partial charge in [0.25, 0.3) is 0 Å². The van der Waals surface area contributed by atoms with Gasteiger partial charge in [0, 0.05) is 29.0 Å². The second kappa shape index (κ2) is 5.25. The van der Waals surface area contributed by atoms with Crippen molar-refractivity contribution < 1.29 is 4.74 Å². The van der Waals surface area contributed by atoms with E-state index in [9.17, 15) is 0 Å². The van der Waals surface area contributed by atoms with E-state index in [1.807, 2.05) is 19.1 Å². The minimum atomic E-state index is -0.0240. The first-order valence-corrected chi connectivity index (χ1v) is 5.94. The van der Waals surface area contributed by atoms with E-state index in [1.54, 1.807) is 24.7 Å². The quantitative estimate of drug-likeness (QED) is 0.945. The minimum Gasteiger partial charge on any atom is -0.437 e. The first kappa shape index (κ1) is 12.0. The molecular weight excluding hydrogens is 282 g/mol. The van der Waals surface area contributed by atoms with Crippen molar-refractivity contribution in [3.8, 4) is 11.6 Å². The number of nitrogens with zero attached hydrogens (tertiary/aromatic N) is 2. The Morgan fingerprint density at radius 2 is 2.12 bits per heavy atom. The van der Waals surface area contributed by atoms with Crippen LogP contribution in [0.2, 0.25) is 0 Å². The van der Waals surface area contributed by atoms with Crippen molar-refractivity contribution in [3.05, 3.63) is 46.8 Å². The lowest BCUT2D eigenvalue weighted by atomic mass is 10.2. The van der Waals surface area contributed by atoms with Crippen LogP contribution in [-0.4, -0.2) is 9.97 Å². The van der Waals surface area contributed by atoms with Gasteiger partial charge < -0.3 is 10.5 Å². The average molecular weight is 294 g/mol. The monoisotopic (exact) mass is 293 g/mol. The van der Waals surface area contributed by atoms with Gasteiger partial charge >= 0.3 is 0 Å². The first-order chi connectivity index (χ1) is 8.15. The summed E-state index contributed by atoms with van der Waals surface area (Å²) in [5.74, 6) is 1.16. The van der Waals surface area contributed by atoms with E-state index in [0.29, 0.717) is 11.6 Å². The Morgan fingerprint density at radius 3 is 2.71 bits per heavy atom. The molecule has 2 N–H and O–H groups in total. The van der Waals surface area contributed by atoms with Crippen molar-refractivity contribution in [1.29, 1.82) is 0 Å². The molecule has 0 amide bonds. The van der Waals surface area contributed by atoms with Gasteiger partial charge in [-0.3, -0.25) is 4.98 Å². The maximum absolute atomic E-state index is 5.74. The number of hydrogen-bond acceptors (Lipinski definition) is 4. The molecule has 2 rings (SSSR count). The summed E-state index contributed by atoms with van der Waals surface area (Å²) in [6.45, 7) is 1.91. The van der Waals surface area contributed by atoms with E-state index >= 15 is 0 Å². The zero-order valence-electron chi connectivity index (χ0n) is 9.30. The first-order valence-electron chi connectivity index (χ1n) is 5.15. The molecule has 0 unspecified atom stereocenters. The molecule has 5 heteroatoms. The summed E-state index contributed by atoms with van der Waals surface area (Å²) >= 11 is 3.33. The standard InChI is InChI=1S/C12H12BrN3O/c1-8(14)9-2-3-12(16-5-9)17-11-4-10(13)6-15-7-11/h2-8H,14H2,1H3/t8-/m1/s1. The predicted octanol–water partition coefficient (Wildman–Crippen LogP) is 3.05. The zero-order valence-corrected chi connectivity index (χ0v) is 10.9. The molecule has 0 aliphatic heterocycles. The number of hydrogen-bond donors (Lipinski definition) is 1. The lowest BCUT2D eigenvalue weighted by Crippen LogP contribution is -2.05. The normalized spacial score (nSPS) is 12.2. The van der Waals surface area contributed by atoms with Crippen LogP contribution in [-0.2, 0) is 0 Å². The molecule has 0 saturated heterocycles. The summed E-state index contributed by atoms with van der Waals surface area (Å²) in [6, 6.07) is 5.50. The van der Waals surface area contributed by atoms with Crippen LogP contribution in [0.4, 0.5) is 0 Å². The van der Waals surface area contributed by atoms with Gasteiger partial charge in [-0.05, 0) is 34.5 Å². The Balaban J connectivity index is 2.14. The highest BCUT2D eigenvalue weighted by Crippen LogP contribution is 2.22. The predicted molar refractivity (Wildman–Crippen MR) is 68.9 cm³/mol. The Labute approximate surface area is 108 Å². The van der Waals surface area contributed by atoms with Crippen molar-refractivity contribution >= 4 is 15.9 Å². The third-order valence-corrected chi connectivity index (χ3v) is 2.62. The summed E-state index contributed by atoms with van der Waals surface area (Å²) in [6.07, 6.45) is 5.04. The maximum Gasteiger partial charge on any atom is 0.219 e. The second-order valence-electron chi connectivity index (χ2n) is 3.66. The summed E-state index contributed by atoms with van der Waals surface area (Å²) in [5, 5.41) is 0. The summed E-state index contributed by atoms with van der Waals surface area (Å²) in [7, 11) is 0. The fraction of sp³-hybridized carbons (Fsp3) is 0.167. The van der Waals surface area contributed by atoms with Gasteiger partial charge in [0.1, 0.15) is 5.75 Å². The molecule has 4 nitrogen and oxygen atoms in total. The molecule has 2 aromatic rings. The number of pyridine rings is 2. The lowest BCUT2D eigenvalue weighted by molar-refractivity contribution is 0.459. The molecule has 0 aliphatic rings. The fourth-order valence-corrected chi connectivity index (χ4v) is 1.63. The van der Waals surface area contributed by atoms with Crippen LogP contribution >= 0.6 is 15.9 Å². The van der Waals surface area contributed by atoms with E-state index in [4.69, 9.17) is 10.5 Å². The van der Waals surface area contributed by atoms with Gasteiger partial charge in [0.15, 0.2) is 0 Å². The Bertz CT molecular complexity index is 499. The van der Waals surface area contributed by atoms with E-state index < -0.39 is 0 Å². The van der Waals surface area contributed by atoms with Crippen molar-refractivity contribution in [3.63, 3.8) is 0 Å². The molecule has 0 aliphatic carbocycles. The highest BCUT2D eigenvalue weighted by molar-refractivity contribution is 9.10. The Morgan fingerprint density at radius 1 is 1.29 bits per heavy atom. The van der Waals surface area contributed by atoms with Crippen molar-refractivity contribution in [2.45, 2.75) is 13.0 Å². The van der Waals surface area contributed by atoms with Crippen molar-refractivity contribution in [1.82, 2.24) is 9.97 Å². The Kier molecular flexibility index (Phi) is 3.71. The Hall–Kier alpha value is -1.46. The van der Waals surface area contributed by atoms with Crippen LogP contribution < -0.4 is 10.5 Å². The summed E-state index contributed by atoms with van der Waals surface area (Å²) in [5.41, 5.74) is 6.72. The molecule has 0 radical (unpaired) electrons. The van der Waals surface area contributed by atoms with Gasteiger partial charge in [-0.2, -0.15) is 0 Å². The number of rotatable bonds is 3. The zero-order chi connectivity index (χ0) is 12.3. The van der Waals surface area contributed by atoms with Crippen LogP contribution in [0, 0.1) is 0 Å². The minimum absolute atomic E-state index is 0.0240. The molecule has 0 bridgehead atoms. The smallest absolute Gasteiger partial charge is 0.219 e. The van der Waals surface area contributed by atoms with Crippen LogP contribution in [0.1, 0.15) is 18.5 Å². The second-order valence-corrected chi connectivity index (χ2v) is 4.58. The van der Waals surface area contributed by atoms with E-state index in [2.05, 4.69) is 25.9 Å². The third-order valence-electron chi connectivity index (χ3n) is 2.19. The van der Waals surface area contributed by atoms with Gasteiger partial charge in [-0.1, -0.05) is 6.07 Å². The fourth-order valence-electron chi connectivity index (χ4n) is 1.29. The maximum atomic E-state index is 5.74. The topological polar surface area (TPSA) is 61.0 Å². The average Bonchev–Trinajstić information content (AvgIpc) is 2.29. The molecule has 1 atom stereocenters. The lowest BCUT2D eigenvalue weighted by Gasteiger charge is -2.07. The van der Waals surface area contributed by atoms with E-state index in [1.165, 1.54) is 0 Å². The van der Waals surface area contributed by atoms with E-state index in [-0.39, 0.29) is 6.04 Å². The number of nitrogens with two attached hydrogens (primary N) is 1. The number of halogens is 1. The van der Waals surface area contributed by atoms with Crippen molar-refractivity contribution in [2.75, 3.05) is 0 Å². The van der Waals surface area contributed by atoms with Gasteiger partial charge in [-0.25, -0.2) is 4.98 Å². The molecule has 0 spiro atoms. The van der Waals surface area contributed by atoms with Crippen molar-refractivity contribution in [2.24, 2.45) is 5.73 Å². The highest BCUT2D eigenvalue weighted by Gasteiger charge is 2.02. The summed E-state index contributed by atoms with van der Waals surface area (Å²) < 4.78 is 6.41. The molecule has 88 valence electrons. The third kappa shape index (κ3) is 3.25. The largest absolute Gasteiger partial charge is 0.437 e. The summed E-state index contributed by atoms with van der Waals surface area (Å²) in [4.78, 5) is 8.19. The van der Waals surface area contributed by atoms with Gasteiger partial charge in [-0.15, -0.1) is 0 Å². The molecule has 0 saturated carbocycles. The molecule has 2 aromatic heterocycles. The molecule has 0 aromatic carbocycles. The SMILES string of the molecule is C[C@@H](N)c1ccc(Oc2cncc(Br)c2)nc1. The van der Waals surface area contributed by atoms with Gasteiger partial charge in [0.2, 0.25) is 5.88 Å². The molecule has 2 heterocycles. The molecule has 0 fully saturated rings. The van der Waals surface area contributed by atoms with Crippen LogP contribution in [0.3, 0.4) is 0 Å². The molecule has 17 heavy (non-hydrogen) atoms. The van der Waals surface area contributed by atoms with Crippen LogP contribution in [0.15, 0.2) is 41.3 Å². The number of aromatic nitrogens is 2. The number of ether oxygens (including phenoxy) is 1. The van der Waals surface area contributed by atoms with Crippen LogP contribution in [0.25, 0.3) is 0 Å². The van der Waals surface area contributed by atoms with E-state index in [0.717, 1.165) is 10.0 Å². The van der Waals surface area contributed by atoms with Crippen LogP contribution in [0.5, 0.6) is 11.6 Å².